The molecule has 18 heavy (non-hydrogen) atoms. The van der Waals surface area contributed by atoms with Crippen molar-refractivity contribution in [3.8, 4) is 0 Å². The lowest BCUT2D eigenvalue weighted by Crippen LogP contribution is -2.29. The quantitative estimate of drug-likeness (QED) is 0.673. The summed E-state index contributed by atoms with van der Waals surface area (Å²) in [6, 6.07) is 14.5. The van der Waals surface area contributed by atoms with Gasteiger partial charge in [-0.1, -0.05) is 30.3 Å². The first kappa shape index (κ1) is 12.0. The molecule has 3 unspecified atom stereocenters. The van der Waals surface area contributed by atoms with Crippen molar-refractivity contribution in [3.63, 3.8) is 0 Å². The number of hydrogen-bond acceptors (Lipinski definition) is 3. The average molecular weight is 307 g/mol. The lowest BCUT2D eigenvalue weighted by atomic mass is 10.0. The van der Waals surface area contributed by atoms with Gasteiger partial charge >= 0.3 is 0 Å². The number of nitrogens with two attached hydrogens (primary N) is 1. The minimum absolute atomic E-state index is 0.0847. The molecule has 1 saturated carbocycles. The predicted molar refractivity (Wildman–Crippen MR) is 73.8 cm³/mol. The van der Waals surface area contributed by atoms with Gasteiger partial charge in [0.1, 0.15) is 5.76 Å². The van der Waals surface area contributed by atoms with Gasteiger partial charge in [-0.05, 0) is 51.9 Å². The lowest BCUT2D eigenvalue weighted by Gasteiger charge is -2.13. The van der Waals surface area contributed by atoms with E-state index in [1.54, 1.807) is 0 Å². The molecular formula is C14H15BrN2O. The number of furan rings is 1. The molecule has 3 nitrogen and oxygen atoms in total. The Morgan fingerprint density at radius 2 is 2.00 bits per heavy atom. The van der Waals surface area contributed by atoms with Gasteiger partial charge in [0.2, 0.25) is 0 Å². The topological polar surface area (TPSA) is 51.2 Å². The van der Waals surface area contributed by atoms with Crippen molar-refractivity contribution in [2.75, 3.05) is 0 Å². The van der Waals surface area contributed by atoms with Gasteiger partial charge in [0.05, 0.1) is 6.04 Å². The van der Waals surface area contributed by atoms with E-state index in [4.69, 9.17) is 10.3 Å². The fourth-order valence-electron chi connectivity index (χ4n) is 2.58. The van der Waals surface area contributed by atoms with Crippen LogP contribution in [0.15, 0.2) is 51.6 Å². The van der Waals surface area contributed by atoms with Gasteiger partial charge in [0.15, 0.2) is 4.67 Å². The van der Waals surface area contributed by atoms with Crippen LogP contribution >= 0.6 is 15.9 Å². The van der Waals surface area contributed by atoms with Crippen molar-refractivity contribution in [3.05, 3.63) is 58.5 Å². The lowest BCUT2D eigenvalue weighted by molar-refractivity contribution is 0.375. The Morgan fingerprint density at radius 1 is 1.22 bits per heavy atom. The third kappa shape index (κ3) is 2.23. The normalized spacial score (nSPS) is 23.9. The molecule has 0 saturated heterocycles. The van der Waals surface area contributed by atoms with Gasteiger partial charge in [0.25, 0.3) is 0 Å². The van der Waals surface area contributed by atoms with E-state index in [-0.39, 0.29) is 6.04 Å². The van der Waals surface area contributed by atoms with Crippen molar-refractivity contribution in [1.82, 2.24) is 5.43 Å². The Kier molecular flexibility index (Phi) is 3.24. The molecule has 4 heteroatoms. The Bertz CT molecular complexity index is 526. The highest BCUT2D eigenvalue weighted by Gasteiger charge is 2.45. The van der Waals surface area contributed by atoms with Crippen LogP contribution in [0.25, 0.3) is 0 Å². The van der Waals surface area contributed by atoms with Crippen LogP contribution in [0.2, 0.25) is 0 Å². The van der Waals surface area contributed by atoms with Gasteiger partial charge in [0, 0.05) is 0 Å². The van der Waals surface area contributed by atoms with Gasteiger partial charge < -0.3 is 4.42 Å². The predicted octanol–water partition coefficient (Wildman–Crippen LogP) is 3.35. The van der Waals surface area contributed by atoms with Crippen LogP contribution in [-0.4, -0.2) is 0 Å². The molecule has 3 atom stereocenters. The first-order valence-corrected chi connectivity index (χ1v) is 6.85. The molecule has 3 rings (SSSR count). The molecule has 1 heterocycles. The molecule has 94 valence electrons. The smallest absolute Gasteiger partial charge is 0.169 e. The number of hydrazine groups is 1. The average Bonchev–Trinajstić information content (AvgIpc) is 3.07. The van der Waals surface area contributed by atoms with E-state index in [9.17, 15) is 0 Å². The number of benzene rings is 1. The second-order valence-electron chi connectivity index (χ2n) is 4.70. The second-order valence-corrected chi connectivity index (χ2v) is 5.48. The van der Waals surface area contributed by atoms with E-state index >= 15 is 0 Å². The highest BCUT2D eigenvalue weighted by Crippen LogP contribution is 2.54. The van der Waals surface area contributed by atoms with Crippen molar-refractivity contribution in [2.45, 2.75) is 18.4 Å². The van der Waals surface area contributed by atoms with E-state index in [2.05, 4.69) is 45.6 Å². The fraction of sp³-hybridized carbons (Fsp3) is 0.286. The minimum atomic E-state index is 0.0847. The summed E-state index contributed by atoms with van der Waals surface area (Å²) in [5, 5.41) is 0. The highest BCUT2D eigenvalue weighted by atomic mass is 79.9. The van der Waals surface area contributed by atoms with Gasteiger partial charge in [-0.25, -0.2) is 5.43 Å². The molecular weight excluding hydrogens is 292 g/mol. The van der Waals surface area contributed by atoms with E-state index < -0.39 is 0 Å². The van der Waals surface area contributed by atoms with Crippen LogP contribution in [0.5, 0.6) is 0 Å². The zero-order valence-corrected chi connectivity index (χ0v) is 11.4. The van der Waals surface area contributed by atoms with Crippen LogP contribution in [-0.2, 0) is 0 Å². The van der Waals surface area contributed by atoms with Gasteiger partial charge in [-0.2, -0.15) is 0 Å². The Morgan fingerprint density at radius 3 is 2.61 bits per heavy atom. The van der Waals surface area contributed by atoms with Crippen LogP contribution in [0.1, 0.15) is 29.7 Å². The maximum atomic E-state index is 5.67. The third-order valence-electron chi connectivity index (χ3n) is 3.58. The molecule has 0 bridgehead atoms. The van der Waals surface area contributed by atoms with Crippen molar-refractivity contribution >= 4 is 15.9 Å². The molecule has 1 aliphatic rings. The van der Waals surface area contributed by atoms with E-state index in [0.717, 1.165) is 16.9 Å². The summed E-state index contributed by atoms with van der Waals surface area (Å²) in [6.07, 6.45) is 1.15. The largest absolute Gasteiger partial charge is 0.453 e. The zero-order valence-electron chi connectivity index (χ0n) is 9.84. The Hall–Kier alpha value is -1.10. The summed E-state index contributed by atoms with van der Waals surface area (Å²) in [6.45, 7) is 0. The number of hydrogen-bond donors (Lipinski definition) is 2. The zero-order chi connectivity index (χ0) is 12.5. The number of rotatable bonds is 4. The molecule has 1 aliphatic carbocycles. The van der Waals surface area contributed by atoms with Gasteiger partial charge in [-0.15, -0.1) is 0 Å². The Labute approximate surface area is 114 Å². The molecule has 3 N–H and O–H groups in total. The van der Waals surface area contributed by atoms with Crippen molar-refractivity contribution < 1.29 is 4.42 Å². The highest BCUT2D eigenvalue weighted by molar-refractivity contribution is 9.10. The summed E-state index contributed by atoms with van der Waals surface area (Å²) >= 11 is 3.32. The number of nitrogens with one attached hydrogen (secondary N) is 1. The molecule has 1 aromatic heterocycles. The first-order valence-electron chi connectivity index (χ1n) is 6.06. The summed E-state index contributed by atoms with van der Waals surface area (Å²) < 4.78 is 6.34. The van der Waals surface area contributed by atoms with Crippen LogP contribution in [0.4, 0.5) is 0 Å². The molecule has 0 radical (unpaired) electrons. The van der Waals surface area contributed by atoms with E-state index in [0.29, 0.717) is 11.8 Å². The van der Waals surface area contributed by atoms with E-state index in [1.807, 2.05) is 18.2 Å². The van der Waals surface area contributed by atoms with Crippen LogP contribution < -0.4 is 11.3 Å². The third-order valence-corrected chi connectivity index (χ3v) is 4.00. The summed E-state index contributed by atoms with van der Waals surface area (Å²) in [5.41, 5.74) is 4.26. The monoisotopic (exact) mass is 306 g/mol. The van der Waals surface area contributed by atoms with Crippen LogP contribution in [0, 0.1) is 5.92 Å². The Balaban J connectivity index is 1.76. The van der Waals surface area contributed by atoms with Gasteiger partial charge in [-0.3, -0.25) is 5.84 Å². The molecule has 1 aromatic carbocycles. The molecule has 0 amide bonds. The minimum Gasteiger partial charge on any atom is -0.453 e. The summed E-state index contributed by atoms with van der Waals surface area (Å²) in [4.78, 5) is 0. The SMILES string of the molecule is NNC(c1ccc(Br)o1)C1CC1c1ccccc1. The first-order chi connectivity index (χ1) is 8.79. The van der Waals surface area contributed by atoms with Crippen molar-refractivity contribution in [1.29, 1.82) is 0 Å². The standard InChI is InChI=1S/C14H15BrN2O/c15-13-7-6-12(18-13)14(17-16)11-8-10(11)9-4-2-1-3-5-9/h1-7,10-11,14,17H,8,16H2. The maximum absolute atomic E-state index is 5.67. The summed E-state index contributed by atoms with van der Waals surface area (Å²) in [5.74, 6) is 7.66. The van der Waals surface area contributed by atoms with Crippen LogP contribution in [0.3, 0.4) is 0 Å². The summed E-state index contributed by atoms with van der Waals surface area (Å²) in [7, 11) is 0. The van der Waals surface area contributed by atoms with E-state index in [1.165, 1.54) is 5.56 Å². The second kappa shape index (κ2) is 4.88. The molecule has 0 aliphatic heterocycles. The molecule has 1 fully saturated rings. The maximum Gasteiger partial charge on any atom is 0.169 e. The number of halogens is 1. The molecule has 0 spiro atoms. The molecule has 2 aromatic rings. The van der Waals surface area contributed by atoms with Crippen molar-refractivity contribution in [2.24, 2.45) is 11.8 Å². The fourth-order valence-corrected chi connectivity index (χ4v) is 2.90.